The van der Waals surface area contributed by atoms with Crippen molar-refractivity contribution >= 4 is 15.9 Å². The van der Waals surface area contributed by atoms with Gasteiger partial charge in [0.05, 0.1) is 4.90 Å². The monoisotopic (exact) mass is 402 g/mol. The Morgan fingerprint density at radius 1 is 1.11 bits per heavy atom. The topological polar surface area (TPSA) is 66.5 Å². The Hall–Kier alpha value is -2.18. The second kappa shape index (κ2) is 8.45. The van der Waals surface area contributed by atoms with Crippen LogP contribution in [-0.4, -0.2) is 38.3 Å². The van der Waals surface area contributed by atoms with Gasteiger partial charge in [-0.15, -0.1) is 0 Å². The Labute approximate surface area is 168 Å². The molecule has 5 nitrogen and oxygen atoms in total. The van der Waals surface area contributed by atoms with Gasteiger partial charge in [-0.1, -0.05) is 43.7 Å². The van der Waals surface area contributed by atoms with E-state index in [4.69, 9.17) is 0 Å². The number of nitrogens with one attached hydrogen (secondary N) is 1. The van der Waals surface area contributed by atoms with E-state index in [-0.39, 0.29) is 22.3 Å². The maximum absolute atomic E-state index is 12.5. The number of carbonyl (C=O) groups excluding carboxylic acids is 1. The van der Waals surface area contributed by atoms with Gasteiger partial charge in [-0.05, 0) is 50.6 Å². The molecule has 0 aliphatic carbocycles. The minimum atomic E-state index is -3.55. The predicted molar refractivity (Wildman–Crippen MR) is 113 cm³/mol. The van der Waals surface area contributed by atoms with E-state index in [0.29, 0.717) is 12.1 Å². The van der Waals surface area contributed by atoms with Crippen molar-refractivity contribution in [3.05, 3.63) is 65.2 Å². The summed E-state index contributed by atoms with van der Waals surface area (Å²) >= 11 is 0. The van der Waals surface area contributed by atoms with Crippen LogP contribution in [0.15, 0.2) is 53.4 Å². The van der Waals surface area contributed by atoms with Gasteiger partial charge < -0.3 is 5.32 Å². The number of aryl methyl sites for hydroxylation is 1. The quantitative estimate of drug-likeness (QED) is 0.767. The highest BCUT2D eigenvalue weighted by molar-refractivity contribution is 7.89. The molecule has 2 aromatic carbocycles. The molecule has 0 saturated carbocycles. The average Bonchev–Trinajstić information content (AvgIpc) is 2.65. The Morgan fingerprint density at radius 2 is 1.71 bits per heavy atom. The molecule has 0 radical (unpaired) electrons. The van der Waals surface area contributed by atoms with E-state index in [2.05, 4.69) is 31.3 Å². The summed E-state index contributed by atoms with van der Waals surface area (Å²) in [5, 5.41) is 2.96. The lowest BCUT2D eigenvalue weighted by atomic mass is 9.84. The van der Waals surface area contributed by atoms with Crippen molar-refractivity contribution < 1.29 is 13.2 Å². The van der Waals surface area contributed by atoms with Gasteiger partial charge in [0.1, 0.15) is 0 Å². The largest absolute Gasteiger partial charge is 0.351 e. The molecule has 0 aliphatic heterocycles. The number of sulfonamides is 1. The first-order valence-corrected chi connectivity index (χ1v) is 10.8. The van der Waals surface area contributed by atoms with E-state index in [1.165, 1.54) is 22.0 Å². The molecule has 0 spiro atoms. The molecule has 0 saturated heterocycles. The van der Waals surface area contributed by atoms with E-state index in [1.807, 2.05) is 32.9 Å². The molecule has 1 N–H and O–H groups in total. The fourth-order valence-electron chi connectivity index (χ4n) is 2.79. The fraction of sp³-hybridized carbons (Fsp3) is 0.409. The van der Waals surface area contributed by atoms with Gasteiger partial charge in [0.2, 0.25) is 10.0 Å². The third-order valence-electron chi connectivity index (χ3n) is 5.01. The Balaban J connectivity index is 2.09. The first-order chi connectivity index (χ1) is 12.9. The van der Waals surface area contributed by atoms with Crippen LogP contribution in [0.4, 0.5) is 0 Å². The van der Waals surface area contributed by atoms with Crippen molar-refractivity contribution in [2.24, 2.45) is 0 Å². The lowest BCUT2D eigenvalue weighted by Gasteiger charge is -2.26. The molecule has 1 amide bonds. The molecule has 6 heteroatoms. The van der Waals surface area contributed by atoms with Crippen LogP contribution in [0.5, 0.6) is 0 Å². The van der Waals surface area contributed by atoms with Crippen LogP contribution >= 0.6 is 0 Å². The third kappa shape index (κ3) is 5.00. The average molecular weight is 403 g/mol. The summed E-state index contributed by atoms with van der Waals surface area (Å²) in [6.07, 6.45) is 0. The Kier molecular flexibility index (Phi) is 6.67. The molecule has 2 aromatic rings. The van der Waals surface area contributed by atoms with Gasteiger partial charge in [-0.3, -0.25) is 4.79 Å². The minimum Gasteiger partial charge on any atom is -0.351 e. The predicted octanol–water partition coefficient (Wildman–Crippen LogP) is 3.73. The van der Waals surface area contributed by atoms with Crippen LogP contribution in [0.1, 0.15) is 49.2 Å². The maximum Gasteiger partial charge on any atom is 0.251 e. The van der Waals surface area contributed by atoms with Crippen LogP contribution in [-0.2, 0) is 15.4 Å². The number of carbonyl (C=O) groups is 1. The highest BCUT2D eigenvalue weighted by Gasteiger charge is 2.24. The summed E-state index contributed by atoms with van der Waals surface area (Å²) in [7, 11) is -2.01. The van der Waals surface area contributed by atoms with Crippen molar-refractivity contribution in [1.29, 1.82) is 0 Å². The number of hydrogen-bond acceptors (Lipinski definition) is 3. The van der Waals surface area contributed by atoms with Crippen LogP contribution in [0.3, 0.4) is 0 Å². The van der Waals surface area contributed by atoms with Gasteiger partial charge >= 0.3 is 0 Å². The molecule has 0 bridgehead atoms. The van der Waals surface area contributed by atoms with Gasteiger partial charge in [-0.25, -0.2) is 8.42 Å². The second-order valence-electron chi connectivity index (χ2n) is 8.08. The molecular formula is C22H30N2O3S. The second-order valence-corrected chi connectivity index (χ2v) is 10.1. The summed E-state index contributed by atoms with van der Waals surface area (Å²) in [6, 6.07) is 14.2. The third-order valence-corrected chi connectivity index (χ3v) is 7.06. The normalized spacial score (nSPS) is 12.4. The van der Waals surface area contributed by atoms with Crippen molar-refractivity contribution in [3.8, 4) is 0 Å². The molecule has 0 aromatic heterocycles. The Morgan fingerprint density at radius 3 is 2.25 bits per heavy atom. The minimum absolute atomic E-state index is 0.142. The molecule has 0 fully saturated rings. The van der Waals surface area contributed by atoms with E-state index >= 15 is 0 Å². The van der Waals surface area contributed by atoms with E-state index in [0.717, 1.165) is 5.56 Å². The lowest BCUT2D eigenvalue weighted by molar-refractivity contribution is 0.0945. The summed E-state index contributed by atoms with van der Waals surface area (Å²) in [5.41, 5.74) is 2.56. The lowest BCUT2D eigenvalue weighted by Crippen LogP contribution is -2.36. The number of nitrogens with zero attached hydrogens (tertiary/aromatic N) is 1. The van der Waals surface area contributed by atoms with Crippen molar-refractivity contribution in [2.45, 2.75) is 51.0 Å². The highest BCUT2D eigenvalue weighted by atomic mass is 32.2. The number of rotatable bonds is 7. The van der Waals surface area contributed by atoms with Crippen LogP contribution in [0.25, 0.3) is 0 Å². The van der Waals surface area contributed by atoms with Crippen LogP contribution < -0.4 is 5.32 Å². The molecule has 0 aliphatic rings. The first kappa shape index (κ1) is 22.1. The summed E-state index contributed by atoms with van der Waals surface area (Å²) in [6.45, 7) is 10.3. The fourth-order valence-corrected chi connectivity index (χ4v) is 4.16. The first-order valence-electron chi connectivity index (χ1n) is 9.38. The number of amides is 1. The van der Waals surface area contributed by atoms with Crippen LogP contribution in [0, 0.1) is 6.92 Å². The molecule has 0 heterocycles. The van der Waals surface area contributed by atoms with Gasteiger partial charge in [0, 0.05) is 30.6 Å². The molecule has 0 unspecified atom stereocenters. The molecule has 28 heavy (non-hydrogen) atoms. The molecular weight excluding hydrogens is 372 g/mol. The van der Waals surface area contributed by atoms with Gasteiger partial charge in [0.15, 0.2) is 0 Å². The van der Waals surface area contributed by atoms with Gasteiger partial charge in [0.25, 0.3) is 5.91 Å². The smallest absolute Gasteiger partial charge is 0.251 e. The number of benzene rings is 2. The van der Waals surface area contributed by atoms with E-state index in [1.54, 1.807) is 19.2 Å². The Bertz CT molecular complexity index is 933. The van der Waals surface area contributed by atoms with Gasteiger partial charge in [-0.2, -0.15) is 4.31 Å². The zero-order valence-corrected chi connectivity index (χ0v) is 18.3. The summed E-state index contributed by atoms with van der Waals surface area (Å²) in [5.74, 6) is -0.220. The standard InChI is InChI=1S/C22H30N2O3S/c1-16(2)24(6)28(26,27)20-12-10-18(11-13-20)21(25)23-15-22(4,5)19-9-7-8-17(3)14-19/h7-14,16H,15H2,1-6H3,(H,23,25). The van der Waals surface area contributed by atoms with E-state index in [9.17, 15) is 13.2 Å². The molecule has 152 valence electrons. The van der Waals surface area contributed by atoms with Crippen molar-refractivity contribution in [2.75, 3.05) is 13.6 Å². The van der Waals surface area contributed by atoms with Crippen molar-refractivity contribution in [1.82, 2.24) is 9.62 Å². The summed E-state index contributed by atoms with van der Waals surface area (Å²) < 4.78 is 26.4. The molecule has 2 rings (SSSR count). The summed E-state index contributed by atoms with van der Waals surface area (Å²) in [4.78, 5) is 12.7. The number of hydrogen-bond donors (Lipinski definition) is 1. The highest BCUT2D eigenvalue weighted by Crippen LogP contribution is 2.23. The zero-order chi connectivity index (χ0) is 21.1. The SMILES string of the molecule is Cc1cccc(C(C)(C)CNC(=O)c2ccc(S(=O)(=O)N(C)C(C)C)cc2)c1. The molecule has 0 atom stereocenters. The van der Waals surface area contributed by atoms with Crippen LogP contribution in [0.2, 0.25) is 0 Å². The van der Waals surface area contributed by atoms with Crippen molar-refractivity contribution in [3.63, 3.8) is 0 Å². The zero-order valence-electron chi connectivity index (χ0n) is 17.5. The maximum atomic E-state index is 12.5. The van der Waals surface area contributed by atoms with E-state index < -0.39 is 10.0 Å².